The highest BCUT2D eigenvalue weighted by Gasteiger charge is 2.32. The second-order valence-electron chi connectivity index (χ2n) is 6.55. The van der Waals surface area contributed by atoms with Crippen molar-refractivity contribution < 1.29 is 33.3 Å². The lowest BCUT2D eigenvalue weighted by molar-refractivity contribution is -0.140. The molecule has 32 heavy (non-hydrogen) atoms. The van der Waals surface area contributed by atoms with Gasteiger partial charge in [0.25, 0.3) is 5.56 Å². The molecule has 0 saturated heterocycles. The average molecular weight is 446 g/mol. The summed E-state index contributed by atoms with van der Waals surface area (Å²) < 4.78 is 20.8. The average Bonchev–Trinajstić information content (AvgIpc) is 2.80. The van der Waals surface area contributed by atoms with E-state index in [0.29, 0.717) is 11.2 Å². The number of ether oxygens (including phenoxy) is 4. The normalized spacial score (nSPS) is 13.7. The number of rotatable bonds is 5. The molecular weight excluding hydrogens is 424 g/mol. The van der Waals surface area contributed by atoms with Crippen LogP contribution in [0.3, 0.4) is 0 Å². The number of anilines is 1. The Hall–Kier alpha value is -3.93. The number of aryl methyl sites for hydroxylation is 1. The van der Waals surface area contributed by atoms with Crippen LogP contribution in [0.1, 0.15) is 12.7 Å². The van der Waals surface area contributed by atoms with Gasteiger partial charge < -0.3 is 23.8 Å². The summed E-state index contributed by atoms with van der Waals surface area (Å²) in [6, 6.07) is 4.67. The van der Waals surface area contributed by atoms with Gasteiger partial charge in [-0.1, -0.05) is 0 Å². The predicted octanol–water partition coefficient (Wildman–Crippen LogP) is 0.799. The van der Waals surface area contributed by atoms with Gasteiger partial charge >= 0.3 is 18.0 Å². The lowest BCUT2D eigenvalue weighted by Gasteiger charge is -2.31. The van der Waals surface area contributed by atoms with E-state index in [9.17, 15) is 19.2 Å². The highest BCUT2D eigenvalue weighted by atomic mass is 16.6. The van der Waals surface area contributed by atoms with Crippen molar-refractivity contribution in [3.8, 4) is 0 Å². The van der Waals surface area contributed by atoms with Crippen LogP contribution < -0.4 is 15.9 Å². The fraction of sp³-hybridized carbons (Fsp3) is 0.350. The third kappa shape index (κ3) is 4.25. The molecule has 1 aliphatic rings. The van der Waals surface area contributed by atoms with Crippen molar-refractivity contribution >= 4 is 34.6 Å². The third-order valence-electron chi connectivity index (χ3n) is 4.64. The number of amides is 1. The molecule has 0 radical (unpaired) electrons. The molecule has 0 atom stereocenters. The number of nitrogens with zero attached hydrogens (tertiary/aromatic N) is 3. The number of nitrogens with one attached hydrogen (secondary N) is 1. The van der Waals surface area contributed by atoms with Gasteiger partial charge in [-0.2, -0.15) is 4.68 Å². The minimum Gasteiger partial charge on any atom is -0.466 e. The molecule has 12 heteroatoms. The number of esters is 2. The van der Waals surface area contributed by atoms with Crippen LogP contribution in [0.2, 0.25) is 0 Å². The summed E-state index contributed by atoms with van der Waals surface area (Å²) in [4.78, 5) is 55.2. The zero-order valence-corrected chi connectivity index (χ0v) is 18.0. The first-order chi connectivity index (χ1) is 15.3. The Morgan fingerprint density at radius 1 is 1.19 bits per heavy atom. The standard InChI is InChI=1S/C20H22N4O8/c1-5-32-20(28)22-24-11(2)21-15-7-6-12(8-13(15)17(24)25)23-10-31-9-14(18(26)29-3)16(23)19(27)30-4/h6-8H,5,9-10H2,1-4H3,(H,22,28). The summed E-state index contributed by atoms with van der Waals surface area (Å²) >= 11 is 0. The smallest absolute Gasteiger partial charge is 0.426 e. The van der Waals surface area contributed by atoms with E-state index in [1.807, 2.05) is 0 Å². The number of benzene rings is 1. The Bertz CT molecular complexity index is 1170. The van der Waals surface area contributed by atoms with Crippen LogP contribution in [-0.4, -0.2) is 61.9 Å². The summed E-state index contributed by atoms with van der Waals surface area (Å²) in [6.45, 7) is 3.10. The first kappa shape index (κ1) is 22.7. The van der Waals surface area contributed by atoms with Crippen molar-refractivity contribution in [3.63, 3.8) is 0 Å². The maximum Gasteiger partial charge on any atom is 0.426 e. The van der Waals surface area contributed by atoms with E-state index in [1.54, 1.807) is 26.0 Å². The number of aromatic nitrogens is 2. The second kappa shape index (κ2) is 9.47. The van der Waals surface area contributed by atoms with E-state index in [2.05, 4.69) is 10.4 Å². The van der Waals surface area contributed by atoms with Crippen LogP contribution >= 0.6 is 0 Å². The molecule has 2 heterocycles. The van der Waals surface area contributed by atoms with Crippen LogP contribution in [0.4, 0.5) is 10.5 Å². The minimum absolute atomic E-state index is 0.0193. The fourth-order valence-corrected chi connectivity index (χ4v) is 3.19. The predicted molar refractivity (Wildman–Crippen MR) is 111 cm³/mol. The van der Waals surface area contributed by atoms with Crippen molar-refractivity contribution in [2.75, 3.05) is 44.5 Å². The highest BCUT2D eigenvalue weighted by molar-refractivity contribution is 6.03. The van der Waals surface area contributed by atoms with Crippen molar-refractivity contribution in [3.05, 3.63) is 45.6 Å². The maximum absolute atomic E-state index is 13.0. The molecule has 170 valence electrons. The van der Waals surface area contributed by atoms with Crippen LogP contribution in [0, 0.1) is 6.92 Å². The first-order valence-corrected chi connectivity index (χ1v) is 9.54. The van der Waals surface area contributed by atoms with Gasteiger partial charge in [-0.3, -0.25) is 4.79 Å². The van der Waals surface area contributed by atoms with Crippen molar-refractivity contribution in [1.29, 1.82) is 0 Å². The lowest BCUT2D eigenvalue weighted by Crippen LogP contribution is -2.39. The first-order valence-electron chi connectivity index (χ1n) is 9.54. The number of hydrogen-bond donors (Lipinski definition) is 1. The minimum atomic E-state index is -0.807. The van der Waals surface area contributed by atoms with Gasteiger partial charge in [-0.25, -0.2) is 24.8 Å². The van der Waals surface area contributed by atoms with Crippen molar-refractivity contribution in [2.24, 2.45) is 0 Å². The van der Waals surface area contributed by atoms with Crippen molar-refractivity contribution in [1.82, 2.24) is 9.66 Å². The molecule has 0 bridgehead atoms. The number of methoxy groups -OCH3 is 2. The van der Waals surface area contributed by atoms with Gasteiger partial charge in [0.15, 0.2) is 0 Å². The molecule has 0 fully saturated rings. The Morgan fingerprint density at radius 3 is 2.56 bits per heavy atom. The van der Waals surface area contributed by atoms with Crippen LogP contribution in [0.15, 0.2) is 34.3 Å². The summed E-state index contributed by atoms with van der Waals surface area (Å²) in [7, 11) is 2.37. The second-order valence-corrected chi connectivity index (χ2v) is 6.55. The van der Waals surface area contributed by atoms with E-state index in [4.69, 9.17) is 18.9 Å². The molecule has 2 aromatic rings. The monoisotopic (exact) mass is 446 g/mol. The summed E-state index contributed by atoms with van der Waals surface area (Å²) in [5, 5.41) is 0.152. The number of hydrogen-bond acceptors (Lipinski definition) is 10. The third-order valence-corrected chi connectivity index (χ3v) is 4.64. The van der Waals surface area contributed by atoms with Gasteiger partial charge in [0.1, 0.15) is 18.3 Å². The Kier molecular flexibility index (Phi) is 6.73. The Labute approximate surface area is 182 Å². The van der Waals surface area contributed by atoms with Gasteiger partial charge in [0, 0.05) is 5.69 Å². The lowest BCUT2D eigenvalue weighted by atomic mass is 10.1. The summed E-state index contributed by atoms with van der Waals surface area (Å²) in [5.74, 6) is -1.26. The summed E-state index contributed by atoms with van der Waals surface area (Å²) in [5.41, 5.74) is 2.43. The zero-order chi connectivity index (χ0) is 23.4. The molecule has 1 amide bonds. The van der Waals surface area contributed by atoms with Gasteiger partial charge in [-0.15, -0.1) is 0 Å². The van der Waals surface area contributed by atoms with E-state index in [0.717, 1.165) is 4.68 Å². The Balaban J connectivity index is 2.14. The van der Waals surface area contributed by atoms with Gasteiger partial charge in [-0.05, 0) is 32.0 Å². The molecule has 0 saturated carbocycles. The molecule has 1 aromatic heterocycles. The molecule has 1 N–H and O–H groups in total. The topological polar surface area (TPSA) is 138 Å². The van der Waals surface area contributed by atoms with E-state index < -0.39 is 23.6 Å². The molecule has 1 aromatic carbocycles. The highest BCUT2D eigenvalue weighted by Crippen LogP contribution is 2.28. The van der Waals surface area contributed by atoms with E-state index >= 15 is 0 Å². The molecule has 0 aliphatic carbocycles. The quantitative estimate of drug-likeness (QED) is 0.518. The zero-order valence-electron chi connectivity index (χ0n) is 18.0. The molecular formula is C20H22N4O8. The fourth-order valence-electron chi connectivity index (χ4n) is 3.19. The Morgan fingerprint density at radius 2 is 1.91 bits per heavy atom. The largest absolute Gasteiger partial charge is 0.466 e. The molecule has 1 aliphatic heterocycles. The van der Waals surface area contributed by atoms with Crippen LogP contribution in [0.5, 0.6) is 0 Å². The number of carbonyl (C=O) groups excluding carboxylic acids is 3. The van der Waals surface area contributed by atoms with E-state index in [1.165, 1.54) is 25.2 Å². The molecule has 12 nitrogen and oxygen atoms in total. The SMILES string of the molecule is CCOC(=O)Nn1c(C)nc2ccc(N3COCC(C(=O)OC)=C3C(=O)OC)cc2c1=O. The maximum atomic E-state index is 13.0. The molecule has 0 spiro atoms. The number of fused-ring (bicyclic) bond motifs is 1. The number of carbonyl (C=O) groups is 3. The van der Waals surface area contributed by atoms with Gasteiger partial charge in [0.05, 0.1) is 43.9 Å². The van der Waals surface area contributed by atoms with Crippen LogP contribution in [-0.2, 0) is 28.5 Å². The molecule has 0 unspecified atom stereocenters. The van der Waals surface area contributed by atoms with Crippen LogP contribution in [0.25, 0.3) is 10.9 Å². The summed E-state index contributed by atoms with van der Waals surface area (Å²) in [6.07, 6.45) is -0.807. The van der Waals surface area contributed by atoms with Gasteiger partial charge in [0.2, 0.25) is 0 Å². The van der Waals surface area contributed by atoms with E-state index in [-0.39, 0.29) is 42.4 Å². The van der Waals surface area contributed by atoms with Crippen molar-refractivity contribution in [2.45, 2.75) is 13.8 Å². The molecule has 3 rings (SSSR count).